The molecule has 1 aliphatic rings. The van der Waals surface area contributed by atoms with Gasteiger partial charge in [-0.25, -0.2) is 0 Å². The lowest BCUT2D eigenvalue weighted by molar-refractivity contribution is -0.118. The largest absolute Gasteiger partial charge is 0.295 e. The van der Waals surface area contributed by atoms with E-state index in [1.807, 2.05) is 98.8 Å². The Morgan fingerprint density at radius 2 is 1.38 bits per heavy atom. The molecule has 0 radical (unpaired) electrons. The maximum atomic E-state index is 13.5. The Morgan fingerprint density at radius 3 is 1.94 bits per heavy atom. The summed E-state index contributed by atoms with van der Waals surface area (Å²) in [5.41, 5.74) is 3.88. The first-order chi connectivity index (χ1) is 15.5. The van der Waals surface area contributed by atoms with Crippen molar-refractivity contribution in [1.29, 1.82) is 10.5 Å². The third-order valence-electron chi connectivity index (χ3n) is 6.41. The number of rotatable bonds is 3. The van der Waals surface area contributed by atoms with E-state index in [2.05, 4.69) is 12.1 Å². The first kappa shape index (κ1) is 21.3. The molecule has 3 heteroatoms. The van der Waals surface area contributed by atoms with Crippen molar-refractivity contribution >= 4 is 11.9 Å². The van der Waals surface area contributed by atoms with E-state index in [-0.39, 0.29) is 12.2 Å². The summed E-state index contributed by atoms with van der Waals surface area (Å²) in [4.78, 5) is 13.5. The highest BCUT2D eigenvalue weighted by atomic mass is 16.1. The fraction of sp³-hybridized carbons (Fsp3) is 0.207. The average molecular weight is 417 g/mol. The van der Waals surface area contributed by atoms with Crippen molar-refractivity contribution in [2.75, 3.05) is 0 Å². The number of benzene rings is 3. The van der Waals surface area contributed by atoms with Gasteiger partial charge in [0.2, 0.25) is 0 Å². The van der Waals surface area contributed by atoms with Crippen LogP contribution in [-0.4, -0.2) is 5.78 Å². The normalized spacial score (nSPS) is 21.0. The maximum Gasteiger partial charge on any atom is 0.161 e. The third-order valence-corrected chi connectivity index (χ3v) is 6.41. The zero-order chi connectivity index (χ0) is 22.7. The number of nitrogens with zero attached hydrogens (tertiary/aromatic N) is 2. The van der Waals surface area contributed by atoms with Crippen LogP contribution in [0.3, 0.4) is 0 Å². The molecule has 3 nitrogen and oxygen atoms in total. The van der Waals surface area contributed by atoms with Gasteiger partial charge in [0, 0.05) is 23.8 Å². The molecule has 1 fully saturated rings. The Balaban J connectivity index is 1.94. The Bertz CT molecular complexity index is 1230. The zero-order valence-corrected chi connectivity index (χ0v) is 18.2. The van der Waals surface area contributed by atoms with Gasteiger partial charge in [-0.05, 0) is 36.6 Å². The van der Waals surface area contributed by atoms with Gasteiger partial charge in [-0.15, -0.1) is 0 Å². The fourth-order valence-corrected chi connectivity index (χ4v) is 4.66. The minimum Gasteiger partial charge on any atom is -0.295 e. The predicted molar refractivity (Wildman–Crippen MR) is 126 cm³/mol. The van der Waals surface area contributed by atoms with Gasteiger partial charge < -0.3 is 0 Å². The van der Waals surface area contributed by atoms with E-state index in [1.165, 1.54) is 0 Å². The summed E-state index contributed by atoms with van der Waals surface area (Å²) in [6.07, 6.45) is 1.99. The molecule has 3 aromatic rings. The summed E-state index contributed by atoms with van der Waals surface area (Å²) >= 11 is 0. The molecule has 32 heavy (non-hydrogen) atoms. The van der Waals surface area contributed by atoms with Gasteiger partial charge in [0.1, 0.15) is 0 Å². The number of aryl methyl sites for hydroxylation is 2. The van der Waals surface area contributed by atoms with Crippen molar-refractivity contribution in [2.24, 2.45) is 5.41 Å². The molecule has 0 saturated heterocycles. The summed E-state index contributed by atoms with van der Waals surface area (Å²) < 4.78 is 0. The van der Waals surface area contributed by atoms with Crippen LogP contribution in [-0.2, 0) is 4.79 Å². The predicted octanol–water partition coefficient (Wildman–Crippen LogP) is 6.26. The van der Waals surface area contributed by atoms with E-state index in [9.17, 15) is 15.3 Å². The van der Waals surface area contributed by atoms with E-state index in [0.29, 0.717) is 5.57 Å². The number of allylic oxidation sites excluding steroid dienone is 1. The second-order valence-electron chi connectivity index (χ2n) is 8.54. The highest BCUT2D eigenvalue weighted by Gasteiger charge is 2.54. The molecule has 0 unspecified atom stereocenters. The van der Waals surface area contributed by atoms with Crippen LogP contribution in [0.15, 0.2) is 84.4 Å². The number of Topliss-reactive ketones (excluding diaryl/α,β-unsaturated/α-hetero) is 1. The molecule has 1 aliphatic carbocycles. The lowest BCUT2D eigenvalue weighted by atomic mass is 9.55. The molecule has 0 N–H and O–H groups in total. The summed E-state index contributed by atoms with van der Waals surface area (Å²) in [6, 6.07) is 29.9. The van der Waals surface area contributed by atoms with Crippen molar-refractivity contribution < 1.29 is 4.79 Å². The Morgan fingerprint density at radius 1 is 0.812 bits per heavy atom. The minimum atomic E-state index is -1.40. The number of ketones is 1. The molecule has 4 rings (SSSR count). The maximum absolute atomic E-state index is 13.5. The molecule has 0 aliphatic heterocycles. The van der Waals surface area contributed by atoms with Crippen molar-refractivity contribution in [2.45, 2.75) is 32.1 Å². The molecule has 1 saturated carbocycles. The molecule has 0 aromatic heterocycles. The van der Waals surface area contributed by atoms with Crippen LogP contribution >= 0.6 is 0 Å². The van der Waals surface area contributed by atoms with Crippen LogP contribution < -0.4 is 0 Å². The number of nitriles is 2. The number of hydrogen-bond acceptors (Lipinski definition) is 3. The van der Waals surface area contributed by atoms with Gasteiger partial charge in [0.15, 0.2) is 11.2 Å². The molecule has 0 bridgehead atoms. The van der Waals surface area contributed by atoms with E-state index in [0.717, 1.165) is 27.8 Å². The minimum absolute atomic E-state index is 0.0221. The first-order valence-corrected chi connectivity index (χ1v) is 10.7. The second-order valence-corrected chi connectivity index (χ2v) is 8.54. The molecular weight excluding hydrogens is 392 g/mol. The van der Waals surface area contributed by atoms with Crippen LogP contribution in [0.1, 0.15) is 46.1 Å². The number of carbonyl (C=O) groups is 1. The van der Waals surface area contributed by atoms with Crippen LogP contribution in [0.2, 0.25) is 0 Å². The summed E-state index contributed by atoms with van der Waals surface area (Å²) in [6.45, 7) is 4.00. The monoisotopic (exact) mass is 416 g/mol. The average Bonchev–Trinajstić information content (AvgIpc) is 2.82. The van der Waals surface area contributed by atoms with Gasteiger partial charge in [0.05, 0.1) is 12.1 Å². The topological polar surface area (TPSA) is 64.7 Å². The third kappa shape index (κ3) is 3.75. The fourth-order valence-electron chi connectivity index (χ4n) is 4.66. The highest BCUT2D eigenvalue weighted by Crippen LogP contribution is 2.55. The van der Waals surface area contributed by atoms with Crippen LogP contribution in [0.4, 0.5) is 0 Å². The first-order valence-electron chi connectivity index (χ1n) is 10.7. The van der Waals surface area contributed by atoms with Crippen molar-refractivity contribution in [3.8, 4) is 12.1 Å². The van der Waals surface area contributed by atoms with Gasteiger partial charge in [0.25, 0.3) is 0 Å². The van der Waals surface area contributed by atoms with Gasteiger partial charge in [-0.3, -0.25) is 4.79 Å². The molecule has 0 amide bonds. The van der Waals surface area contributed by atoms with Gasteiger partial charge in [-0.2, -0.15) is 10.5 Å². The summed E-state index contributed by atoms with van der Waals surface area (Å²) in [7, 11) is 0. The highest BCUT2D eigenvalue weighted by molar-refractivity contribution is 6.03. The lowest BCUT2D eigenvalue weighted by Gasteiger charge is -2.41. The summed E-state index contributed by atoms with van der Waals surface area (Å²) in [5, 5.41) is 20.9. The number of carbonyl (C=O) groups excluding carboxylic acids is 1. The van der Waals surface area contributed by atoms with E-state index in [1.54, 1.807) is 0 Å². The van der Waals surface area contributed by atoms with Crippen molar-refractivity contribution in [3.63, 3.8) is 0 Å². The van der Waals surface area contributed by atoms with Crippen molar-refractivity contribution in [3.05, 3.63) is 112 Å². The quantitative estimate of drug-likeness (QED) is 0.473. The van der Waals surface area contributed by atoms with Gasteiger partial charge >= 0.3 is 0 Å². The van der Waals surface area contributed by atoms with E-state index in [4.69, 9.17) is 0 Å². The van der Waals surface area contributed by atoms with Crippen LogP contribution in [0.5, 0.6) is 0 Å². The SMILES string of the molecule is Cc1ccc(/C=C2/C(=O)C[C@H](c3ccc(C)cc3)C(C#N)(C#N)[C@@H]2c2ccccc2)cc1. The Kier molecular flexibility index (Phi) is 5.76. The van der Waals surface area contributed by atoms with E-state index >= 15 is 0 Å². The molecule has 156 valence electrons. The smallest absolute Gasteiger partial charge is 0.161 e. The molecule has 0 heterocycles. The Labute approximate surface area is 189 Å². The van der Waals surface area contributed by atoms with Gasteiger partial charge in [-0.1, -0.05) is 90.0 Å². The van der Waals surface area contributed by atoms with Crippen LogP contribution in [0.25, 0.3) is 6.08 Å². The molecular formula is C29H24N2O. The lowest BCUT2D eigenvalue weighted by Crippen LogP contribution is -2.41. The standard InChI is InChI=1S/C29H24N2O/c1-20-8-12-22(13-9-20)16-25-27(32)17-26(23-14-10-21(2)11-15-23)29(18-30,19-31)28(25)24-6-4-3-5-7-24/h3-16,26,28H,17H2,1-2H3/b25-16-/t26-,28-/m1/s1. The molecule has 0 spiro atoms. The zero-order valence-electron chi connectivity index (χ0n) is 18.2. The van der Waals surface area contributed by atoms with E-state index < -0.39 is 17.3 Å². The number of hydrogen-bond donors (Lipinski definition) is 0. The second kappa shape index (κ2) is 8.66. The van der Waals surface area contributed by atoms with Crippen LogP contribution in [0, 0.1) is 41.9 Å². The van der Waals surface area contributed by atoms with Crippen molar-refractivity contribution in [1.82, 2.24) is 0 Å². The summed E-state index contributed by atoms with van der Waals surface area (Å²) in [5.74, 6) is -1.18. The molecule has 2 atom stereocenters. The Hall–Kier alpha value is -3.95. The molecule has 3 aromatic carbocycles.